The molecule has 1 unspecified atom stereocenters. The highest BCUT2D eigenvalue weighted by Gasteiger charge is 2.16. The van der Waals surface area contributed by atoms with Gasteiger partial charge in [-0.25, -0.2) is 0 Å². The number of hydrogen-bond acceptors (Lipinski definition) is 3. The second-order valence-corrected chi connectivity index (χ2v) is 5.81. The van der Waals surface area contributed by atoms with E-state index in [2.05, 4.69) is 5.32 Å². The highest BCUT2D eigenvalue weighted by atomic mass is 35.5. The number of benzene rings is 2. The predicted octanol–water partition coefficient (Wildman–Crippen LogP) is 4.50. The number of rotatable bonds is 5. The second-order valence-electron chi connectivity index (χ2n) is 4.96. The van der Waals surface area contributed by atoms with E-state index in [1.54, 1.807) is 36.4 Å². The summed E-state index contributed by atoms with van der Waals surface area (Å²) in [6.45, 7) is 1.85. The third-order valence-electron chi connectivity index (χ3n) is 3.39. The second kappa shape index (κ2) is 7.57. The molecular weight excluding hydrogens is 337 g/mol. The molecule has 23 heavy (non-hydrogen) atoms. The lowest BCUT2D eigenvalue weighted by Gasteiger charge is -2.16. The van der Waals surface area contributed by atoms with Gasteiger partial charge in [0.15, 0.2) is 0 Å². The maximum atomic E-state index is 12.5. The number of carbonyl (C=O) groups is 1. The van der Waals surface area contributed by atoms with Crippen molar-refractivity contribution in [2.45, 2.75) is 13.0 Å². The molecule has 2 rings (SSSR count). The van der Waals surface area contributed by atoms with Crippen molar-refractivity contribution in [3.05, 3.63) is 57.6 Å². The first-order valence-corrected chi connectivity index (χ1v) is 7.69. The van der Waals surface area contributed by atoms with E-state index in [0.29, 0.717) is 27.1 Å². The van der Waals surface area contributed by atoms with Crippen LogP contribution < -0.4 is 14.8 Å². The number of nitrogens with one attached hydrogen (secondary N) is 1. The number of carbonyl (C=O) groups excluding carboxylic acids is 1. The number of amides is 1. The first kappa shape index (κ1) is 17.4. The van der Waals surface area contributed by atoms with Crippen LogP contribution in [0.25, 0.3) is 0 Å². The summed E-state index contributed by atoms with van der Waals surface area (Å²) in [6, 6.07) is 9.90. The average molecular weight is 354 g/mol. The quantitative estimate of drug-likeness (QED) is 0.860. The Labute approximate surface area is 145 Å². The minimum atomic E-state index is -0.274. The van der Waals surface area contributed by atoms with Crippen LogP contribution in [0.4, 0.5) is 0 Å². The molecule has 2 aromatic carbocycles. The maximum Gasteiger partial charge on any atom is 0.252 e. The molecule has 0 bridgehead atoms. The van der Waals surface area contributed by atoms with Crippen LogP contribution in [0.15, 0.2) is 36.4 Å². The fourth-order valence-electron chi connectivity index (χ4n) is 2.15. The lowest BCUT2D eigenvalue weighted by molar-refractivity contribution is 0.0939. The molecule has 0 aliphatic rings. The largest absolute Gasteiger partial charge is 0.497 e. The van der Waals surface area contributed by atoms with E-state index >= 15 is 0 Å². The van der Waals surface area contributed by atoms with Crippen LogP contribution in [0.3, 0.4) is 0 Å². The Hall–Kier alpha value is -1.91. The monoisotopic (exact) mass is 353 g/mol. The summed E-state index contributed by atoms with van der Waals surface area (Å²) in [6.07, 6.45) is 0. The van der Waals surface area contributed by atoms with Crippen molar-refractivity contribution in [2.24, 2.45) is 0 Å². The number of ether oxygens (including phenoxy) is 2. The minimum absolute atomic E-state index is 0.249. The Kier molecular flexibility index (Phi) is 5.74. The third kappa shape index (κ3) is 4.30. The first-order chi connectivity index (χ1) is 10.9. The zero-order valence-corrected chi connectivity index (χ0v) is 14.5. The summed E-state index contributed by atoms with van der Waals surface area (Å²) in [5.74, 6) is 0.846. The molecule has 0 aliphatic heterocycles. The van der Waals surface area contributed by atoms with Gasteiger partial charge in [-0.05, 0) is 36.8 Å². The molecule has 0 radical (unpaired) electrons. The van der Waals surface area contributed by atoms with E-state index in [1.165, 1.54) is 14.2 Å². The van der Waals surface area contributed by atoms with E-state index < -0.39 is 0 Å². The first-order valence-electron chi connectivity index (χ1n) is 6.93. The van der Waals surface area contributed by atoms with Gasteiger partial charge in [-0.15, -0.1) is 0 Å². The molecule has 1 N–H and O–H groups in total. The molecule has 0 heterocycles. The minimum Gasteiger partial charge on any atom is -0.497 e. The van der Waals surface area contributed by atoms with Crippen molar-refractivity contribution in [2.75, 3.05) is 14.2 Å². The Balaban J connectivity index is 2.21. The van der Waals surface area contributed by atoms with Crippen LogP contribution >= 0.6 is 23.2 Å². The summed E-state index contributed by atoms with van der Waals surface area (Å²) >= 11 is 12.1. The lowest BCUT2D eigenvalue weighted by Crippen LogP contribution is -2.26. The number of halogens is 2. The van der Waals surface area contributed by atoms with Crippen LogP contribution in [0.5, 0.6) is 11.5 Å². The predicted molar refractivity (Wildman–Crippen MR) is 91.9 cm³/mol. The maximum absolute atomic E-state index is 12.5. The Morgan fingerprint density at radius 2 is 1.65 bits per heavy atom. The normalized spacial score (nSPS) is 11.7. The molecule has 0 aliphatic carbocycles. The van der Waals surface area contributed by atoms with Crippen LogP contribution in [0, 0.1) is 0 Å². The van der Waals surface area contributed by atoms with E-state index in [4.69, 9.17) is 32.7 Å². The van der Waals surface area contributed by atoms with Crippen LogP contribution in [0.2, 0.25) is 10.0 Å². The zero-order valence-electron chi connectivity index (χ0n) is 13.0. The van der Waals surface area contributed by atoms with Gasteiger partial charge in [-0.1, -0.05) is 29.3 Å². The smallest absolute Gasteiger partial charge is 0.252 e. The van der Waals surface area contributed by atoms with Crippen molar-refractivity contribution in [1.82, 2.24) is 5.32 Å². The molecule has 2 aromatic rings. The van der Waals surface area contributed by atoms with E-state index in [0.717, 1.165) is 5.56 Å². The molecule has 1 atom stereocenters. The van der Waals surface area contributed by atoms with Gasteiger partial charge in [0.05, 0.1) is 20.3 Å². The Morgan fingerprint density at radius 1 is 1.04 bits per heavy atom. The molecule has 0 fully saturated rings. The van der Waals surface area contributed by atoms with Crippen LogP contribution in [-0.2, 0) is 0 Å². The number of methoxy groups -OCH3 is 2. The fourth-order valence-corrected chi connectivity index (χ4v) is 2.72. The van der Waals surface area contributed by atoms with Gasteiger partial charge < -0.3 is 14.8 Å². The van der Waals surface area contributed by atoms with Gasteiger partial charge in [0.1, 0.15) is 11.5 Å². The number of hydrogen-bond donors (Lipinski definition) is 1. The molecule has 0 aromatic heterocycles. The Bertz CT molecular complexity index is 697. The van der Waals surface area contributed by atoms with Crippen molar-refractivity contribution in [3.8, 4) is 11.5 Å². The molecule has 4 nitrogen and oxygen atoms in total. The highest BCUT2D eigenvalue weighted by Crippen LogP contribution is 2.27. The topological polar surface area (TPSA) is 47.6 Å². The molecular formula is C17H17Cl2NO3. The average Bonchev–Trinajstić information content (AvgIpc) is 2.53. The molecule has 0 saturated heterocycles. The van der Waals surface area contributed by atoms with Gasteiger partial charge in [0, 0.05) is 21.7 Å². The van der Waals surface area contributed by atoms with E-state index in [-0.39, 0.29) is 11.9 Å². The van der Waals surface area contributed by atoms with Gasteiger partial charge in [0.25, 0.3) is 5.91 Å². The lowest BCUT2D eigenvalue weighted by atomic mass is 10.1. The molecule has 0 spiro atoms. The van der Waals surface area contributed by atoms with Gasteiger partial charge in [-0.3, -0.25) is 4.79 Å². The summed E-state index contributed by atoms with van der Waals surface area (Å²) in [7, 11) is 3.07. The van der Waals surface area contributed by atoms with Crippen molar-refractivity contribution in [1.29, 1.82) is 0 Å². The molecule has 6 heteroatoms. The SMILES string of the molecule is COc1cc(OC)cc(C(=O)NC(C)c2ccc(Cl)cc2Cl)c1. The molecule has 122 valence electrons. The van der Waals surface area contributed by atoms with Crippen LogP contribution in [-0.4, -0.2) is 20.1 Å². The van der Waals surface area contributed by atoms with Gasteiger partial charge in [0.2, 0.25) is 0 Å². The molecule has 0 saturated carbocycles. The van der Waals surface area contributed by atoms with Crippen LogP contribution in [0.1, 0.15) is 28.9 Å². The van der Waals surface area contributed by atoms with E-state index in [9.17, 15) is 4.79 Å². The zero-order chi connectivity index (χ0) is 17.0. The summed E-state index contributed by atoms with van der Waals surface area (Å²) in [5, 5.41) is 3.96. The van der Waals surface area contributed by atoms with Crippen molar-refractivity contribution in [3.63, 3.8) is 0 Å². The van der Waals surface area contributed by atoms with Gasteiger partial charge >= 0.3 is 0 Å². The third-order valence-corrected chi connectivity index (χ3v) is 3.95. The Morgan fingerprint density at radius 3 is 2.17 bits per heavy atom. The summed E-state index contributed by atoms with van der Waals surface area (Å²) in [4.78, 5) is 12.5. The highest BCUT2D eigenvalue weighted by molar-refractivity contribution is 6.35. The van der Waals surface area contributed by atoms with E-state index in [1.807, 2.05) is 6.92 Å². The summed E-state index contributed by atoms with van der Waals surface area (Å²) in [5.41, 5.74) is 1.23. The van der Waals surface area contributed by atoms with Crippen molar-refractivity contribution >= 4 is 29.1 Å². The summed E-state index contributed by atoms with van der Waals surface area (Å²) < 4.78 is 10.3. The molecule has 1 amide bonds. The standard InChI is InChI=1S/C17H17Cl2NO3/c1-10(15-5-4-12(18)8-16(15)19)20-17(21)11-6-13(22-2)9-14(7-11)23-3/h4-10H,1-3H3,(H,20,21). The van der Waals surface area contributed by atoms with Crippen molar-refractivity contribution < 1.29 is 14.3 Å². The fraction of sp³-hybridized carbons (Fsp3) is 0.235. The van der Waals surface area contributed by atoms with Gasteiger partial charge in [-0.2, -0.15) is 0 Å².